The molecule has 4 heteroatoms. The number of aromatic nitrogens is 2. The van der Waals surface area contributed by atoms with Gasteiger partial charge in [-0.05, 0) is 44.7 Å². The third-order valence-electron chi connectivity index (χ3n) is 4.83. The molecule has 1 aliphatic rings. The van der Waals surface area contributed by atoms with Crippen LogP contribution in [0.3, 0.4) is 0 Å². The van der Waals surface area contributed by atoms with Crippen molar-refractivity contribution in [3.8, 4) is 0 Å². The third kappa shape index (κ3) is 4.07. The van der Waals surface area contributed by atoms with Crippen LogP contribution in [0.4, 0.5) is 0 Å². The monoisotopic (exact) mass is 293 g/mol. The van der Waals surface area contributed by atoms with Crippen LogP contribution in [0.25, 0.3) is 0 Å². The Hall–Kier alpha value is -0.870. The summed E-state index contributed by atoms with van der Waals surface area (Å²) >= 11 is 0. The Kier molecular flexibility index (Phi) is 6.24. The number of hydrogen-bond acceptors (Lipinski definition) is 3. The van der Waals surface area contributed by atoms with Gasteiger partial charge in [-0.25, -0.2) is 0 Å². The van der Waals surface area contributed by atoms with E-state index in [0.29, 0.717) is 6.04 Å². The van der Waals surface area contributed by atoms with Gasteiger partial charge in [0.2, 0.25) is 0 Å². The minimum atomic E-state index is 0.00172. The van der Waals surface area contributed by atoms with Gasteiger partial charge in [0.1, 0.15) is 0 Å². The molecule has 1 N–H and O–H groups in total. The van der Waals surface area contributed by atoms with Gasteiger partial charge in [0, 0.05) is 25.9 Å². The van der Waals surface area contributed by atoms with Gasteiger partial charge in [-0.3, -0.25) is 4.68 Å². The van der Waals surface area contributed by atoms with Crippen molar-refractivity contribution in [3.63, 3.8) is 0 Å². The van der Waals surface area contributed by atoms with Crippen molar-refractivity contribution >= 4 is 0 Å². The zero-order valence-corrected chi connectivity index (χ0v) is 13.9. The first kappa shape index (κ1) is 16.5. The van der Waals surface area contributed by atoms with Crippen LogP contribution in [0, 0.1) is 0 Å². The van der Waals surface area contributed by atoms with Crippen molar-refractivity contribution in [3.05, 3.63) is 18.0 Å². The lowest BCUT2D eigenvalue weighted by molar-refractivity contribution is -0.0672. The molecule has 1 atom stereocenters. The van der Waals surface area contributed by atoms with Gasteiger partial charge in [0.15, 0.2) is 0 Å². The summed E-state index contributed by atoms with van der Waals surface area (Å²) in [6.45, 7) is 6.33. The highest BCUT2D eigenvalue weighted by Gasteiger charge is 2.39. The predicted molar refractivity (Wildman–Crippen MR) is 86.5 cm³/mol. The molecule has 2 rings (SSSR count). The smallest absolute Gasteiger partial charge is 0.0834 e. The van der Waals surface area contributed by atoms with Crippen LogP contribution >= 0.6 is 0 Å². The van der Waals surface area contributed by atoms with Crippen molar-refractivity contribution in [1.29, 1.82) is 0 Å². The first-order valence-corrected chi connectivity index (χ1v) is 8.54. The summed E-state index contributed by atoms with van der Waals surface area (Å²) in [6.07, 6.45) is 12.6. The van der Waals surface area contributed by atoms with Crippen molar-refractivity contribution in [1.82, 2.24) is 15.1 Å². The van der Waals surface area contributed by atoms with Gasteiger partial charge in [0.25, 0.3) is 0 Å². The zero-order chi connectivity index (χ0) is 15.1. The Morgan fingerprint density at radius 2 is 2.10 bits per heavy atom. The minimum absolute atomic E-state index is 0.00172. The number of rotatable bonds is 8. The summed E-state index contributed by atoms with van der Waals surface area (Å²) < 4.78 is 8.06. The lowest BCUT2D eigenvalue weighted by Gasteiger charge is -2.43. The maximum Gasteiger partial charge on any atom is 0.0834 e. The molecular formula is C17H31N3O. The van der Waals surface area contributed by atoms with Gasteiger partial charge in [0.05, 0.1) is 11.8 Å². The fourth-order valence-electron chi connectivity index (χ4n) is 3.53. The molecule has 1 aromatic heterocycles. The summed E-state index contributed by atoms with van der Waals surface area (Å²) in [5.41, 5.74) is 1.31. The fraction of sp³-hybridized carbons (Fsp3) is 0.824. The Morgan fingerprint density at radius 3 is 2.67 bits per heavy atom. The molecule has 1 aromatic rings. The summed E-state index contributed by atoms with van der Waals surface area (Å²) in [5.74, 6) is 0. The van der Waals surface area contributed by atoms with Crippen molar-refractivity contribution in [2.45, 2.75) is 77.0 Å². The summed E-state index contributed by atoms with van der Waals surface area (Å²) in [5, 5.41) is 8.15. The highest BCUT2D eigenvalue weighted by molar-refractivity contribution is 5.10. The average Bonchev–Trinajstić information content (AvgIpc) is 2.99. The number of nitrogens with one attached hydrogen (secondary N) is 1. The van der Waals surface area contributed by atoms with E-state index >= 15 is 0 Å². The summed E-state index contributed by atoms with van der Waals surface area (Å²) in [4.78, 5) is 0. The van der Waals surface area contributed by atoms with E-state index in [1.807, 2.05) is 18.0 Å². The van der Waals surface area contributed by atoms with Gasteiger partial charge < -0.3 is 10.1 Å². The molecule has 1 saturated carbocycles. The van der Waals surface area contributed by atoms with Crippen LogP contribution in [-0.2, 0) is 17.7 Å². The number of ether oxygens (including phenoxy) is 1. The Labute approximate surface area is 129 Å². The van der Waals surface area contributed by atoms with Crippen LogP contribution in [0.5, 0.6) is 0 Å². The van der Waals surface area contributed by atoms with E-state index in [9.17, 15) is 0 Å². The van der Waals surface area contributed by atoms with E-state index in [2.05, 4.69) is 30.5 Å². The molecule has 1 fully saturated rings. The molecule has 0 bridgehead atoms. The molecule has 4 nitrogen and oxygen atoms in total. The molecule has 0 spiro atoms. The second kappa shape index (κ2) is 7.95. The minimum Gasteiger partial charge on any atom is -0.377 e. The van der Waals surface area contributed by atoms with Gasteiger partial charge >= 0.3 is 0 Å². The topological polar surface area (TPSA) is 39.1 Å². The molecule has 0 aromatic carbocycles. The fourth-order valence-corrected chi connectivity index (χ4v) is 3.53. The first-order valence-electron chi connectivity index (χ1n) is 8.54. The number of methoxy groups -OCH3 is 1. The third-order valence-corrected chi connectivity index (χ3v) is 4.83. The Bertz CT molecular complexity index is 410. The molecule has 120 valence electrons. The SMILES string of the molecule is CCCNC(Cc1cnn(CC)c1)C1(OC)CCCCC1. The van der Waals surface area contributed by atoms with Crippen molar-refractivity contribution in [2.24, 2.45) is 0 Å². The van der Waals surface area contributed by atoms with E-state index in [4.69, 9.17) is 4.74 Å². The lowest BCUT2D eigenvalue weighted by Crippen LogP contribution is -2.54. The van der Waals surface area contributed by atoms with E-state index in [1.54, 1.807) is 0 Å². The second-order valence-corrected chi connectivity index (χ2v) is 6.24. The largest absolute Gasteiger partial charge is 0.377 e. The molecule has 21 heavy (non-hydrogen) atoms. The number of aryl methyl sites for hydroxylation is 1. The van der Waals surface area contributed by atoms with E-state index in [1.165, 1.54) is 37.7 Å². The number of nitrogens with zero attached hydrogens (tertiary/aromatic N) is 2. The molecule has 0 aliphatic heterocycles. The van der Waals surface area contributed by atoms with E-state index in [-0.39, 0.29) is 5.60 Å². The van der Waals surface area contributed by atoms with Crippen LogP contribution in [0.1, 0.15) is 57.9 Å². The summed E-state index contributed by atoms with van der Waals surface area (Å²) in [6, 6.07) is 0.386. The second-order valence-electron chi connectivity index (χ2n) is 6.24. The van der Waals surface area contributed by atoms with Crippen molar-refractivity contribution < 1.29 is 4.74 Å². The van der Waals surface area contributed by atoms with Gasteiger partial charge in [-0.2, -0.15) is 5.10 Å². The molecule has 1 heterocycles. The van der Waals surface area contributed by atoms with E-state index in [0.717, 1.165) is 25.9 Å². The van der Waals surface area contributed by atoms with Gasteiger partial charge in [-0.1, -0.05) is 26.2 Å². The highest BCUT2D eigenvalue weighted by atomic mass is 16.5. The van der Waals surface area contributed by atoms with Crippen LogP contribution in [0.2, 0.25) is 0 Å². The molecule has 0 amide bonds. The van der Waals surface area contributed by atoms with Crippen molar-refractivity contribution in [2.75, 3.05) is 13.7 Å². The normalized spacial score (nSPS) is 19.6. The molecule has 1 aliphatic carbocycles. The number of hydrogen-bond donors (Lipinski definition) is 1. The average molecular weight is 293 g/mol. The van der Waals surface area contributed by atoms with Crippen LogP contribution < -0.4 is 5.32 Å². The molecule has 0 radical (unpaired) electrons. The van der Waals surface area contributed by atoms with E-state index < -0.39 is 0 Å². The standard InChI is InChI=1S/C17H31N3O/c1-4-11-18-16(12-15-13-19-20(5-2)14-15)17(21-3)9-7-6-8-10-17/h13-14,16,18H,4-12H2,1-3H3. The maximum atomic E-state index is 6.05. The lowest BCUT2D eigenvalue weighted by atomic mass is 9.77. The summed E-state index contributed by atoms with van der Waals surface area (Å²) in [7, 11) is 1.89. The Balaban J connectivity index is 2.11. The first-order chi connectivity index (χ1) is 10.2. The molecule has 1 unspecified atom stereocenters. The Morgan fingerprint density at radius 1 is 1.33 bits per heavy atom. The quantitative estimate of drug-likeness (QED) is 0.800. The van der Waals surface area contributed by atoms with Crippen LogP contribution in [0.15, 0.2) is 12.4 Å². The predicted octanol–water partition coefficient (Wildman–Crippen LogP) is 3.16. The molecule has 0 saturated heterocycles. The van der Waals surface area contributed by atoms with Gasteiger partial charge in [-0.15, -0.1) is 0 Å². The maximum absolute atomic E-state index is 6.05. The highest BCUT2D eigenvalue weighted by Crippen LogP contribution is 2.35. The zero-order valence-electron chi connectivity index (χ0n) is 13.9. The van der Waals surface area contributed by atoms with Crippen LogP contribution in [-0.4, -0.2) is 35.1 Å². The molecular weight excluding hydrogens is 262 g/mol.